The number of rotatable bonds is 2. The maximum absolute atomic E-state index is 10.3. The van der Waals surface area contributed by atoms with Crippen molar-refractivity contribution in [1.82, 2.24) is 0 Å². The van der Waals surface area contributed by atoms with Gasteiger partial charge in [-0.2, -0.15) is 0 Å². The Bertz CT molecular complexity index is 295. The molecule has 0 heterocycles. The summed E-state index contributed by atoms with van der Waals surface area (Å²) in [6, 6.07) is 4.38. The van der Waals surface area contributed by atoms with Crippen molar-refractivity contribution < 1.29 is 14.0 Å². The van der Waals surface area contributed by atoms with Gasteiger partial charge in [-0.05, 0) is 6.07 Å². The third-order valence-electron chi connectivity index (χ3n) is 1.16. The summed E-state index contributed by atoms with van der Waals surface area (Å²) in [5, 5.41) is 0. The van der Waals surface area contributed by atoms with Crippen LogP contribution in [0.5, 0.6) is 5.75 Å². The van der Waals surface area contributed by atoms with E-state index in [1.807, 2.05) is 0 Å². The van der Waals surface area contributed by atoms with Crippen LogP contribution >= 0.6 is 8.25 Å². The van der Waals surface area contributed by atoms with Crippen LogP contribution in [0.2, 0.25) is 0 Å². The Morgan fingerprint density at radius 3 is 2.17 bits per heavy atom. The van der Waals surface area contributed by atoms with Crippen LogP contribution < -0.4 is 16.0 Å². The Morgan fingerprint density at radius 1 is 1.25 bits per heavy atom. The standard InChI is InChI=1S/C6H9N2O3P/c7-4-1-5(8)3-6(2-4)11-12(9)10/h1-3,12H,7-8H2,(H,9,10). The maximum atomic E-state index is 10.3. The van der Waals surface area contributed by atoms with Gasteiger partial charge < -0.3 is 20.9 Å². The second-order valence-corrected chi connectivity index (χ2v) is 2.94. The first-order valence-electron chi connectivity index (χ1n) is 3.15. The summed E-state index contributed by atoms with van der Waals surface area (Å²) in [5.74, 6) is 0.207. The predicted octanol–water partition coefficient (Wildman–Crippen LogP) is 0.612. The fourth-order valence-corrected chi connectivity index (χ4v) is 1.13. The number of benzene rings is 1. The van der Waals surface area contributed by atoms with E-state index in [0.29, 0.717) is 11.4 Å². The number of anilines is 2. The molecule has 0 amide bonds. The van der Waals surface area contributed by atoms with Crippen LogP contribution in [0.15, 0.2) is 18.2 Å². The summed E-state index contributed by atoms with van der Waals surface area (Å²) in [6.45, 7) is 0. The smallest absolute Gasteiger partial charge is 0.365 e. The first-order chi connectivity index (χ1) is 5.58. The van der Waals surface area contributed by atoms with E-state index in [0.717, 1.165) is 0 Å². The number of nitrogens with two attached hydrogens (primary N) is 2. The van der Waals surface area contributed by atoms with E-state index < -0.39 is 8.25 Å². The molecular formula is C6H9N2O3P. The third-order valence-corrected chi connectivity index (χ3v) is 1.57. The van der Waals surface area contributed by atoms with Gasteiger partial charge in [0.2, 0.25) is 0 Å². The van der Waals surface area contributed by atoms with Crippen molar-refractivity contribution in [2.45, 2.75) is 0 Å². The van der Waals surface area contributed by atoms with Gasteiger partial charge in [-0.1, -0.05) is 0 Å². The van der Waals surface area contributed by atoms with Crippen LogP contribution in [0.3, 0.4) is 0 Å². The van der Waals surface area contributed by atoms with E-state index in [1.54, 1.807) is 0 Å². The molecule has 0 saturated carbocycles. The minimum atomic E-state index is -2.98. The average molecular weight is 188 g/mol. The highest BCUT2D eigenvalue weighted by Gasteiger charge is 1.99. The van der Waals surface area contributed by atoms with Crippen molar-refractivity contribution in [1.29, 1.82) is 0 Å². The SMILES string of the molecule is Nc1cc(N)cc(O[PH](=O)O)c1. The van der Waals surface area contributed by atoms with Crippen LogP contribution in [-0.2, 0) is 4.57 Å². The zero-order valence-electron chi connectivity index (χ0n) is 6.15. The van der Waals surface area contributed by atoms with Crippen molar-refractivity contribution in [3.63, 3.8) is 0 Å². The summed E-state index contributed by atoms with van der Waals surface area (Å²) >= 11 is 0. The molecule has 1 rings (SSSR count). The van der Waals surface area contributed by atoms with Crippen LogP contribution in [0.1, 0.15) is 0 Å². The Labute approximate surface area is 69.9 Å². The van der Waals surface area contributed by atoms with Crippen molar-refractivity contribution >= 4 is 19.6 Å². The molecule has 5 nitrogen and oxygen atoms in total. The number of nitrogen functional groups attached to an aromatic ring is 2. The maximum Gasteiger partial charge on any atom is 0.365 e. The van der Waals surface area contributed by atoms with Gasteiger partial charge in [0.05, 0.1) is 0 Å². The third kappa shape index (κ3) is 2.45. The topological polar surface area (TPSA) is 98.6 Å². The van der Waals surface area contributed by atoms with Crippen LogP contribution in [0.4, 0.5) is 11.4 Å². The monoisotopic (exact) mass is 188 g/mol. The first-order valence-corrected chi connectivity index (χ1v) is 4.41. The van der Waals surface area contributed by atoms with Crippen molar-refractivity contribution in [3.8, 4) is 5.75 Å². The fourth-order valence-electron chi connectivity index (χ4n) is 0.806. The van der Waals surface area contributed by atoms with E-state index in [2.05, 4.69) is 4.52 Å². The summed E-state index contributed by atoms with van der Waals surface area (Å²) < 4.78 is 14.8. The minimum absolute atomic E-state index is 0.207. The average Bonchev–Trinajstić information content (AvgIpc) is 1.81. The molecule has 1 aromatic carbocycles. The molecule has 0 spiro atoms. The highest BCUT2D eigenvalue weighted by atomic mass is 31.1. The minimum Gasteiger partial charge on any atom is -0.426 e. The van der Waals surface area contributed by atoms with E-state index in [9.17, 15) is 4.57 Å². The summed E-state index contributed by atoms with van der Waals surface area (Å²) in [6.07, 6.45) is 0. The molecule has 66 valence electrons. The van der Waals surface area contributed by atoms with Crippen LogP contribution in [-0.4, -0.2) is 4.89 Å². The fraction of sp³-hybridized carbons (Fsp3) is 0. The Hall–Kier alpha value is -1.19. The van der Waals surface area contributed by atoms with E-state index in [4.69, 9.17) is 16.4 Å². The molecular weight excluding hydrogens is 179 g/mol. The lowest BCUT2D eigenvalue weighted by Crippen LogP contribution is -1.91. The molecule has 0 fully saturated rings. The zero-order valence-corrected chi connectivity index (χ0v) is 7.15. The lowest BCUT2D eigenvalue weighted by molar-refractivity contribution is 0.411. The van der Waals surface area contributed by atoms with Gasteiger partial charge in [0, 0.05) is 23.5 Å². The Morgan fingerprint density at radius 2 is 1.75 bits per heavy atom. The molecule has 0 saturated heterocycles. The lowest BCUT2D eigenvalue weighted by Gasteiger charge is -2.03. The van der Waals surface area contributed by atoms with E-state index in [1.165, 1.54) is 18.2 Å². The largest absolute Gasteiger partial charge is 0.426 e. The van der Waals surface area contributed by atoms with Gasteiger partial charge in [0.15, 0.2) is 0 Å². The molecule has 1 unspecified atom stereocenters. The summed E-state index contributed by atoms with van der Waals surface area (Å²) in [4.78, 5) is 8.43. The summed E-state index contributed by atoms with van der Waals surface area (Å²) in [5.41, 5.74) is 11.6. The quantitative estimate of drug-likeness (QED) is 0.466. The van der Waals surface area contributed by atoms with E-state index in [-0.39, 0.29) is 5.75 Å². The molecule has 0 aliphatic heterocycles. The van der Waals surface area contributed by atoms with E-state index >= 15 is 0 Å². The normalized spacial score (nSPS) is 12.4. The second-order valence-electron chi connectivity index (χ2n) is 2.20. The van der Waals surface area contributed by atoms with Gasteiger partial charge in [-0.25, -0.2) is 4.57 Å². The van der Waals surface area contributed by atoms with Gasteiger partial charge in [0.25, 0.3) is 0 Å². The lowest BCUT2D eigenvalue weighted by atomic mass is 10.3. The molecule has 1 aromatic rings. The molecule has 6 heteroatoms. The number of hydrogen-bond acceptors (Lipinski definition) is 4. The Kier molecular flexibility index (Phi) is 2.58. The first kappa shape index (κ1) is 8.90. The zero-order chi connectivity index (χ0) is 9.14. The molecule has 0 aliphatic carbocycles. The number of hydrogen-bond donors (Lipinski definition) is 3. The van der Waals surface area contributed by atoms with Crippen molar-refractivity contribution in [3.05, 3.63) is 18.2 Å². The molecule has 12 heavy (non-hydrogen) atoms. The van der Waals surface area contributed by atoms with Crippen LogP contribution in [0.25, 0.3) is 0 Å². The van der Waals surface area contributed by atoms with Gasteiger partial charge in [0.1, 0.15) is 5.75 Å². The van der Waals surface area contributed by atoms with Gasteiger partial charge in [-0.15, -0.1) is 0 Å². The van der Waals surface area contributed by atoms with Gasteiger partial charge in [-0.3, -0.25) is 0 Å². The van der Waals surface area contributed by atoms with Gasteiger partial charge >= 0.3 is 8.25 Å². The molecule has 0 bridgehead atoms. The van der Waals surface area contributed by atoms with Crippen LogP contribution in [0, 0.1) is 0 Å². The van der Waals surface area contributed by atoms with Crippen molar-refractivity contribution in [2.24, 2.45) is 0 Å². The molecule has 0 aliphatic rings. The van der Waals surface area contributed by atoms with Crippen molar-refractivity contribution in [2.75, 3.05) is 11.5 Å². The molecule has 0 radical (unpaired) electrons. The highest BCUT2D eigenvalue weighted by Crippen LogP contribution is 2.26. The molecule has 5 N–H and O–H groups in total. The molecule has 0 aromatic heterocycles. The highest BCUT2D eigenvalue weighted by molar-refractivity contribution is 7.32. The Balaban J connectivity index is 2.93. The predicted molar refractivity (Wildman–Crippen MR) is 47.1 cm³/mol. The second kappa shape index (κ2) is 3.47. The summed E-state index contributed by atoms with van der Waals surface area (Å²) in [7, 11) is -2.98. The molecule has 1 atom stereocenters.